The molecule has 1 saturated carbocycles. The summed E-state index contributed by atoms with van der Waals surface area (Å²) >= 11 is 5.79. The lowest BCUT2D eigenvalue weighted by Gasteiger charge is -2.24. The van der Waals surface area contributed by atoms with Gasteiger partial charge in [0.15, 0.2) is 5.78 Å². The molecule has 5 rings (SSSR count). The van der Waals surface area contributed by atoms with Gasteiger partial charge in [0.05, 0.1) is 22.3 Å². The molecule has 10 nitrogen and oxygen atoms in total. The van der Waals surface area contributed by atoms with E-state index in [0.717, 1.165) is 4.90 Å². The molecule has 42 heavy (non-hydrogen) atoms. The van der Waals surface area contributed by atoms with E-state index in [1.54, 1.807) is 0 Å². The van der Waals surface area contributed by atoms with Crippen molar-refractivity contribution in [2.75, 3.05) is 6.54 Å². The van der Waals surface area contributed by atoms with Gasteiger partial charge in [0, 0.05) is 41.2 Å². The Hall–Kier alpha value is -3.84. The second-order valence-electron chi connectivity index (χ2n) is 10.5. The van der Waals surface area contributed by atoms with E-state index in [4.69, 9.17) is 11.6 Å². The van der Waals surface area contributed by atoms with Gasteiger partial charge < -0.3 is 14.8 Å². The van der Waals surface area contributed by atoms with Crippen molar-refractivity contribution in [3.63, 3.8) is 0 Å². The zero-order chi connectivity index (χ0) is 30.3. The van der Waals surface area contributed by atoms with Crippen molar-refractivity contribution in [2.45, 2.75) is 56.7 Å². The molecule has 2 heterocycles. The molecule has 1 aliphatic heterocycles. The number of carbonyl (C=O) groups excluding carboxylic acids is 4. The van der Waals surface area contributed by atoms with Crippen LogP contribution in [0.2, 0.25) is 5.02 Å². The molecule has 14 heteroatoms. The third-order valence-electron chi connectivity index (χ3n) is 7.39. The van der Waals surface area contributed by atoms with Crippen molar-refractivity contribution in [1.82, 2.24) is 19.5 Å². The number of sulfonamides is 1. The van der Waals surface area contributed by atoms with Gasteiger partial charge in [-0.1, -0.05) is 29.8 Å². The maximum atomic E-state index is 14.5. The van der Waals surface area contributed by atoms with Crippen LogP contribution in [0.5, 0.6) is 0 Å². The number of carbonyl (C=O) groups is 4. The molecule has 2 aromatic carbocycles. The van der Waals surface area contributed by atoms with E-state index in [1.807, 2.05) is 0 Å². The molecule has 3 aromatic rings. The Morgan fingerprint density at radius 3 is 2.55 bits per heavy atom. The molecule has 1 aromatic heterocycles. The highest BCUT2D eigenvalue weighted by molar-refractivity contribution is 7.91. The van der Waals surface area contributed by atoms with Crippen LogP contribution >= 0.6 is 11.6 Å². The summed E-state index contributed by atoms with van der Waals surface area (Å²) in [5.74, 6) is -3.14. The van der Waals surface area contributed by atoms with Crippen LogP contribution in [0.1, 0.15) is 52.5 Å². The minimum absolute atomic E-state index is 0.00382. The molecular formula is C28H27ClF2N4O6S. The minimum Gasteiger partial charge on any atom is -0.350 e. The van der Waals surface area contributed by atoms with Crippen LogP contribution in [0, 0.1) is 5.82 Å². The first-order chi connectivity index (χ1) is 19.9. The number of Topliss-reactive ketones (excluding diaryl/α,β-unsaturated/α-hetero) is 1. The fourth-order valence-corrected chi connectivity index (χ4v) is 6.52. The molecule has 2 fully saturated rings. The molecule has 0 radical (unpaired) electrons. The molecule has 222 valence electrons. The molecule has 2 atom stereocenters. The van der Waals surface area contributed by atoms with Crippen molar-refractivity contribution in [3.05, 3.63) is 70.1 Å². The van der Waals surface area contributed by atoms with E-state index in [2.05, 4.69) is 10.0 Å². The third-order valence-corrected chi connectivity index (χ3v) is 9.50. The summed E-state index contributed by atoms with van der Waals surface area (Å²) in [6.45, 7) is 0.385. The quantitative estimate of drug-likeness (QED) is 0.353. The number of nitrogens with one attached hydrogen (secondary N) is 2. The first kappa shape index (κ1) is 29.6. The number of benzene rings is 2. The van der Waals surface area contributed by atoms with Crippen LogP contribution in [0.25, 0.3) is 10.9 Å². The highest BCUT2D eigenvalue weighted by Crippen LogP contribution is 2.29. The number of amides is 3. The Morgan fingerprint density at radius 2 is 1.86 bits per heavy atom. The zero-order valence-electron chi connectivity index (χ0n) is 22.4. The lowest BCUT2D eigenvalue weighted by molar-refractivity contribution is -0.139. The summed E-state index contributed by atoms with van der Waals surface area (Å²) in [6, 6.07) is 7.42. The van der Waals surface area contributed by atoms with Crippen molar-refractivity contribution in [2.24, 2.45) is 0 Å². The highest BCUT2D eigenvalue weighted by Gasteiger charge is 2.40. The average molecular weight is 621 g/mol. The second kappa shape index (κ2) is 11.4. The van der Waals surface area contributed by atoms with Gasteiger partial charge in [-0.25, -0.2) is 21.9 Å². The number of fused-ring (bicyclic) bond motifs is 1. The van der Waals surface area contributed by atoms with E-state index in [9.17, 15) is 36.4 Å². The van der Waals surface area contributed by atoms with Gasteiger partial charge >= 0.3 is 0 Å². The normalized spacial score (nSPS) is 18.7. The smallest absolute Gasteiger partial charge is 0.264 e. The third kappa shape index (κ3) is 6.02. The fraction of sp³-hybridized carbons (Fsp3) is 0.357. The van der Waals surface area contributed by atoms with Crippen molar-refractivity contribution < 1.29 is 36.4 Å². The van der Waals surface area contributed by atoms with Crippen molar-refractivity contribution >= 4 is 56.0 Å². The van der Waals surface area contributed by atoms with Gasteiger partial charge in [0.2, 0.25) is 21.8 Å². The summed E-state index contributed by atoms with van der Waals surface area (Å²) in [6.07, 6.45) is 0.655. The molecule has 2 N–H and O–H groups in total. The van der Waals surface area contributed by atoms with Crippen molar-refractivity contribution in [3.8, 4) is 0 Å². The molecule has 3 amide bonds. The lowest BCUT2D eigenvalue weighted by Crippen LogP contribution is -2.46. The molecule has 0 bridgehead atoms. The molecule has 1 saturated heterocycles. The number of hydrogen-bond acceptors (Lipinski definition) is 6. The summed E-state index contributed by atoms with van der Waals surface area (Å²) in [7, 11) is -3.80. The SMILES string of the molecule is CC(=O)c1cn(CC(=O)N2C[C@H](F)C[C@H]2C(=O)NCc2cccc(Cl)c2F)c2cc(C(=O)NS(=O)(=O)C3CC3)ccc12. The largest absolute Gasteiger partial charge is 0.350 e. The van der Waals surface area contributed by atoms with Gasteiger partial charge in [0.1, 0.15) is 24.6 Å². The standard InChI is InChI=1S/C28H27ClF2N4O6S/c1-15(36)21-13-34(23-9-16(5-8-20(21)23)27(38)33-42(40,41)19-6-7-19)14-25(37)35-12-18(30)10-24(35)28(39)32-11-17-3-2-4-22(29)26(17)31/h2-5,8-9,13,18-19,24H,6-7,10-12,14H2,1H3,(H,32,39)(H,33,38)/t18-,24+/m1/s1. The Bertz CT molecular complexity index is 1720. The number of rotatable bonds is 9. The molecule has 2 aliphatic rings. The number of alkyl halides is 1. The van der Waals surface area contributed by atoms with Crippen LogP contribution in [0.3, 0.4) is 0 Å². The lowest BCUT2D eigenvalue weighted by atomic mass is 10.1. The van der Waals surface area contributed by atoms with Crippen LogP contribution in [0.4, 0.5) is 8.78 Å². The Morgan fingerprint density at radius 1 is 1.12 bits per heavy atom. The van der Waals surface area contributed by atoms with E-state index >= 15 is 0 Å². The first-order valence-electron chi connectivity index (χ1n) is 13.2. The van der Waals surface area contributed by atoms with E-state index < -0.39 is 57.6 Å². The maximum absolute atomic E-state index is 14.5. The van der Waals surface area contributed by atoms with Gasteiger partial charge in [-0.15, -0.1) is 0 Å². The maximum Gasteiger partial charge on any atom is 0.264 e. The average Bonchev–Trinajstić information content (AvgIpc) is 3.65. The van der Waals surface area contributed by atoms with Crippen LogP contribution in [-0.4, -0.2) is 65.4 Å². The van der Waals surface area contributed by atoms with Gasteiger partial charge in [-0.05, 0) is 38.0 Å². The second-order valence-corrected chi connectivity index (χ2v) is 12.8. The van der Waals surface area contributed by atoms with Crippen LogP contribution < -0.4 is 10.0 Å². The Kier molecular flexibility index (Phi) is 8.08. The van der Waals surface area contributed by atoms with E-state index in [0.29, 0.717) is 23.7 Å². The summed E-state index contributed by atoms with van der Waals surface area (Å²) in [5, 5.41) is 2.24. The van der Waals surface area contributed by atoms with Gasteiger partial charge in [0.25, 0.3) is 5.91 Å². The van der Waals surface area contributed by atoms with E-state index in [-0.39, 0.29) is 47.0 Å². The first-order valence-corrected chi connectivity index (χ1v) is 15.1. The zero-order valence-corrected chi connectivity index (χ0v) is 24.0. The summed E-state index contributed by atoms with van der Waals surface area (Å²) in [4.78, 5) is 52.5. The molecule has 1 aliphatic carbocycles. The van der Waals surface area contributed by atoms with Crippen LogP contribution in [-0.2, 0) is 32.7 Å². The number of halogens is 3. The monoisotopic (exact) mass is 620 g/mol. The van der Waals surface area contributed by atoms with Crippen LogP contribution in [0.15, 0.2) is 42.6 Å². The number of nitrogens with zero attached hydrogens (tertiary/aromatic N) is 2. The predicted molar refractivity (Wildman–Crippen MR) is 150 cm³/mol. The number of likely N-dealkylation sites (tertiary alicyclic amines) is 1. The predicted octanol–water partition coefficient (Wildman–Crippen LogP) is 3.11. The number of hydrogen-bond donors (Lipinski definition) is 2. The molecule has 0 unspecified atom stereocenters. The fourth-order valence-electron chi connectivity index (χ4n) is 5.02. The van der Waals surface area contributed by atoms with Crippen molar-refractivity contribution in [1.29, 1.82) is 0 Å². The number of aromatic nitrogens is 1. The Labute approximate surface area is 245 Å². The highest BCUT2D eigenvalue weighted by atomic mass is 35.5. The topological polar surface area (TPSA) is 135 Å². The Balaban J connectivity index is 1.36. The van der Waals surface area contributed by atoms with E-state index in [1.165, 1.54) is 54.1 Å². The summed E-state index contributed by atoms with van der Waals surface area (Å²) in [5.41, 5.74) is 0.699. The number of ketones is 1. The molecular weight excluding hydrogens is 594 g/mol. The molecule has 0 spiro atoms. The van der Waals surface area contributed by atoms with Gasteiger partial charge in [-0.2, -0.15) is 0 Å². The summed E-state index contributed by atoms with van der Waals surface area (Å²) < 4.78 is 56.6. The minimum atomic E-state index is -3.80. The van der Waals surface area contributed by atoms with Gasteiger partial charge in [-0.3, -0.25) is 19.2 Å².